The lowest BCUT2D eigenvalue weighted by molar-refractivity contribution is -0.143. The van der Waals surface area contributed by atoms with E-state index in [1.54, 1.807) is 18.9 Å². The van der Waals surface area contributed by atoms with Crippen LogP contribution in [0, 0.1) is 0 Å². The van der Waals surface area contributed by atoms with E-state index in [1.165, 1.54) is 5.56 Å². The van der Waals surface area contributed by atoms with Crippen LogP contribution in [-0.4, -0.2) is 30.7 Å². The summed E-state index contributed by atoms with van der Waals surface area (Å²) in [5.74, 6) is 0.701. The van der Waals surface area contributed by atoms with Crippen LogP contribution in [0.1, 0.15) is 50.2 Å². The largest absolute Gasteiger partial charge is 0.466 e. The second-order valence-corrected chi connectivity index (χ2v) is 8.36. The van der Waals surface area contributed by atoms with E-state index in [-0.39, 0.29) is 11.9 Å². The Morgan fingerprint density at radius 2 is 1.76 bits per heavy atom. The van der Waals surface area contributed by atoms with Crippen LogP contribution in [0.2, 0.25) is 0 Å². The van der Waals surface area contributed by atoms with Crippen molar-refractivity contribution in [1.82, 2.24) is 5.16 Å². The number of carbonyl (C=O) groups excluding carboxylic acids is 2. The molecule has 1 heterocycles. The second-order valence-electron chi connectivity index (χ2n) is 8.36. The Kier molecular flexibility index (Phi) is 7.23. The molecule has 1 aliphatic carbocycles. The van der Waals surface area contributed by atoms with E-state index in [9.17, 15) is 9.59 Å². The van der Waals surface area contributed by atoms with E-state index in [2.05, 4.69) is 23.4 Å². The first-order valence-electron chi connectivity index (χ1n) is 11.7. The number of amides is 1. The lowest BCUT2D eigenvalue weighted by Gasteiger charge is -2.18. The van der Waals surface area contributed by atoms with Crippen molar-refractivity contribution in [3.8, 4) is 22.6 Å². The first-order valence-corrected chi connectivity index (χ1v) is 11.7. The van der Waals surface area contributed by atoms with Gasteiger partial charge in [0.25, 0.3) is 0 Å². The second kappa shape index (κ2) is 10.5. The summed E-state index contributed by atoms with van der Waals surface area (Å²) >= 11 is 0. The number of nitrogens with zero attached hydrogens (tertiary/aromatic N) is 2. The number of esters is 1. The highest BCUT2D eigenvalue weighted by Gasteiger charge is 2.24. The monoisotopic (exact) mass is 446 g/mol. The van der Waals surface area contributed by atoms with Crippen molar-refractivity contribution in [3.05, 3.63) is 59.7 Å². The van der Waals surface area contributed by atoms with E-state index in [4.69, 9.17) is 9.26 Å². The standard InChI is InChI=1S/C27H30N2O4/c1-3-32-25(31)12-6-4-5-11-24(30)29(2)21-16-13-20(14-17-21)27-23-18-15-19-9-7-8-10-22(19)26(23)28-33-27/h7-10,13-14,16-17H,3-6,11-12,15,18H2,1-2H3. The highest BCUT2D eigenvalue weighted by molar-refractivity contribution is 5.93. The fraction of sp³-hybridized carbons (Fsp3) is 0.370. The van der Waals surface area contributed by atoms with Gasteiger partial charge in [0.05, 0.1) is 6.61 Å². The van der Waals surface area contributed by atoms with Crippen LogP contribution in [0.4, 0.5) is 5.69 Å². The van der Waals surface area contributed by atoms with Crippen molar-refractivity contribution in [3.63, 3.8) is 0 Å². The molecule has 0 aliphatic heterocycles. The summed E-state index contributed by atoms with van der Waals surface area (Å²) in [4.78, 5) is 25.6. The third-order valence-corrected chi connectivity index (χ3v) is 6.17. The van der Waals surface area contributed by atoms with Crippen molar-refractivity contribution in [2.24, 2.45) is 0 Å². The van der Waals surface area contributed by atoms with Gasteiger partial charge in [-0.3, -0.25) is 9.59 Å². The summed E-state index contributed by atoms with van der Waals surface area (Å²) in [6.07, 6.45) is 5.08. The molecular weight excluding hydrogens is 416 g/mol. The van der Waals surface area contributed by atoms with E-state index in [1.807, 2.05) is 30.3 Å². The highest BCUT2D eigenvalue weighted by Crippen LogP contribution is 2.38. The number of fused-ring (bicyclic) bond motifs is 3. The third kappa shape index (κ3) is 5.16. The van der Waals surface area contributed by atoms with Crippen LogP contribution in [-0.2, 0) is 27.2 Å². The Morgan fingerprint density at radius 1 is 1.00 bits per heavy atom. The van der Waals surface area contributed by atoms with E-state index in [0.717, 1.165) is 65.9 Å². The summed E-state index contributed by atoms with van der Waals surface area (Å²) in [5, 5.41) is 4.36. The minimum atomic E-state index is -0.168. The highest BCUT2D eigenvalue weighted by atomic mass is 16.5. The third-order valence-electron chi connectivity index (χ3n) is 6.17. The van der Waals surface area contributed by atoms with E-state index >= 15 is 0 Å². The lowest BCUT2D eigenvalue weighted by atomic mass is 9.88. The Balaban J connectivity index is 1.35. The van der Waals surface area contributed by atoms with Crippen LogP contribution in [0.15, 0.2) is 53.1 Å². The topological polar surface area (TPSA) is 72.6 Å². The van der Waals surface area contributed by atoms with Crippen LogP contribution in [0.25, 0.3) is 22.6 Å². The maximum Gasteiger partial charge on any atom is 0.305 e. The molecule has 4 rings (SSSR count). The minimum Gasteiger partial charge on any atom is -0.466 e. The molecule has 3 aromatic rings. The summed E-state index contributed by atoms with van der Waals surface area (Å²) in [5.41, 5.74) is 6.35. The first kappa shape index (κ1) is 22.8. The molecule has 33 heavy (non-hydrogen) atoms. The van der Waals surface area contributed by atoms with Crippen LogP contribution in [0.5, 0.6) is 0 Å². The van der Waals surface area contributed by atoms with Gasteiger partial charge >= 0.3 is 5.97 Å². The predicted octanol–water partition coefficient (Wildman–Crippen LogP) is 5.58. The Bertz CT molecular complexity index is 1120. The number of hydrogen-bond donors (Lipinski definition) is 0. The molecule has 0 unspecified atom stereocenters. The molecule has 0 fully saturated rings. The Labute approximate surface area is 194 Å². The molecule has 0 atom stereocenters. The van der Waals surface area contributed by atoms with E-state index < -0.39 is 0 Å². The molecule has 6 heteroatoms. The Hall–Kier alpha value is -3.41. The summed E-state index contributed by atoms with van der Waals surface area (Å²) in [6, 6.07) is 16.2. The smallest absolute Gasteiger partial charge is 0.305 e. The molecule has 0 saturated carbocycles. The number of carbonyl (C=O) groups is 2. The predicted molar refractivity (Wildman–Crippen MR) is 128 cm³/mol. The van der Waals surface area contributed by atoms with Gasteiger partial charge in [0.15, 0.2) is 5.76 Å². The molecule has 0 spiro atoms. The van der Waals surface area contributed by atoms with Crippen LogP contribution in [0.3, 0.4) is 0 Å². The number of aryl methyl sites for hydroxylation is 1. The zero-order valence-corrected chi connectivity index (χ0v) is 19.3. The molecule has 0 N–H and O–H groups in total. The van der Waals surface area contributed by atoms with Crippen molar-refractivity contribution in [2.75, 3.05) is 18.6 Å². The quantitative estimate of drug-likeness (QED) is 0.317. The summed E-state index contributed by atoms with van der Waals surface area (Å²) in [6.45, 7) is 2.21. The molecule has 1 amide bonds. The molecule has 0 bridgehead atoms. The number of ether oxygens (including phenoxy) is 1. The number of aromatic nitrogens is 1. The van der Waals surface area contributed by atoms with Gasteiger partial charge in [-0.15, -0.1) is 0 Å². The lowest BCUT2D eigenvalue weighted by Crippen LogP contribution is -2.25. The van der Waals surface area contributed by atoms with Crippen molar-refractivity contribution >= 4 is 17.6 Å². The van der Waals surface area contributed by atoms with Gasteiger partial charge in [-0.25, -0.2) is 0 Å². The molecule has 0 radical (unpaired) electrons. The van der Waals surface area contributed by atoms with Crippen molar-refractivity contribution in [2.45, 2.75) is 51.9 Å². The zero-order valence-electron chi connectivity index (χ0n) is 19.3. The van der Waals surface area contributed by atoms with Crippen LogP contribution < -0.4 is 4.90 Å². The molecule has 2 aromatic carbocycles. The van der Waals surface area contributed by atoms with Gasteiger partial charge in [-0.05, 0) is 62.4 Å². The Morgan fingerprint density at radius 3 is 2.55 bits per heavy atom. The molecule has 172 valence electrons. The van der Waals surface area contributed by atoms with Gasteiger partial charge in [-0.2, -0.15) is 0 Å². The molecule has 1 aliphatic rings. The van der Waals surface area contributed by atoms with Gasteiger partial charge in [0, 0.05) is 42.3 Å². The number of benzene rings is 2. The normalized spacial score (nSPS) is 12.1. The van der Waals surface area contributed by atoms with E-state index in [0.29, 0.717) is 19.4 Å². The maximum atomic E-state index is 12.6. The number of rotatable bonds is 9. The average molecular weight is 447 g/mol. The molecular formula is C27H30N2O4. The van der Waals surface area contributed by atoms with Crippen LogP contribution >= 0.6 is 0 Å². The van der Waals surface area contributed by atoms with Gasteiger partial charge in [-0.1, -0.05) is 35.8 Å². The number of unbranched alkanes of at least 4 members (excludes halogenated alkanes) is 2. The zero-order chi connectivity index (χ0) is 23.2. The van der Waals surface area contributed by atoms with Crippen molar-refractivity contribution < 1.29 is 18.8 Å². The fourth-order valence-corrected chi connectivity index (χ4v) is 4.31. The average Bonchev–Trinajstić information content (AvgIpc) is 3.28. The summed E-state index contributed by atoms with van der Waals surface area (Å²) in [7, 11) is 1.79. The van der Waals surface area contributed by atoms with Crippen molar-refractivity contribution in [1.29, 1.82) is 0 Å². The number of hydrogen-bond acceptors (Lipinski definition) is 5. The first-order chi connectivity index (χ1) is 16.1. The molecule has 6 nitrogen and oxygen atoms in total. The van der Waals surface area contributed by atoms with Gasteiger partial charge in [0.1, 0.15) is 5.69 Å². The fourth-order valence-electron chi connectivity index (χ4n) is 4.31. The summed E-state index contributed by atoms with van der Waals surface area (Å²) < 4.78 is 10.7. The minimum absolute atomic E-state index is 0.0625. The SMILES string of the molecule is CCOC(=O)CCCCCC(=O)N(C)c1ccc(-c2onc3c2CCc2ccccc2-3)cc1. The maximum absolute atomic E-state index is 12.6. The van der Waals surface area contributed by atoms with Gasteiger partial charge < -0.3 is 14.2 Å². The molecule has 1 aromatic heterocycles. The molecule has 0 saturated heterocycles. The van der Waals surface area contributed by atoms with Gasteiger partial charge in [0.2, 0.25) is 5.91 Å². The number of anilines is 1.